The molecule has 6 rings (SSSR count). The summed E-state index contributed by atoms with van der Waals surface area (Å²) in [7, 11) is 0. The molecule has 0 spiro atoms. The fourth-order valence-electron chi connectivity index (χ4n) is 6.64. The number of aromatic nitrogens is 2. The number of carbonyl (C=O) groups is 1. The van der Waals surface area contributed by atoms with E-state index >= 15 is 0 Å². The Balaban J connectivity index is 1.11. The summed E-state index contributed by atoms with van der Waals surface area (Å²) in [5.41, 5.74) is 5.30. The number of para-hydroxylation sites is 3. The van der Waals surface area contributed by atoms with Crippen molar-refractivity contribution in [3.63, 3.8) is 0 Å². The van der Waals surface area contributed by atoms with E-state index < -0.39 is 0 Å². The average molecular weight is 508 g/mol. The van der Waals surface area contributed by atoms with E-state index in [2.05, 4.69) is 52.9 Å². The Morgan fingerprint density at radius 3 is 2.32 bits per heavy atom. The fourth-order valence-corrected chi connectivity index (χ4v) is 6.64. The van der Waals surface area contributed by atoms with Crippen LogP contribution in [0.4, 0.5) is 16.2 Å². The highest BCUT2D eigenvalue weighted by Crippen LogP contribution is 2.42. The Labute approximate surface area is 225 Å². The Bertz CT molecular complexity index is 1380. The van der Waals surface area contributed by atoms with Crippen molar-refractivity contribution in [2.45, 2.75) is 64.1 Å². The lowest BCUT2D eigenvalue weighted by molar-refractivity contribution is 0.107. The number of anilines is 2. The highest BCUT2D eigenvalue weighted by Gasteiger charge is 2.41. The highest BCUT2D eigenvalue weighted by molar-refractivity contribution is 6.01. The number of hydrogen-bond donors (Lipinski definition) is 1. The number of hydrogen-bond acceptors (Lipinski definition) is 3. The molecule has 0 saturated carbocycles. The number of rotatable bonds is 7. The van der Waals surface area contributed by atoms with E-state index in [1.807, 2.05) is 59.5 Å². The summed E-state index contributed by atoms with van der Waals surface area (Å²) >= 11 is 0. The molecule has 3 heterocycles. The van der Waals surface area contributed by atoms with Crippen LogP contribution in [0.15, 0.2) is 78.9 Å². The summed E-state index contributed by atoms with van der Waals surface area (Å²) in [5, 5.41) is 3.09. The molecule has 2 fully saturated rings. The van der Waals surface area contributed by atoms with Crippen molar-refractivity contribution in [3.8, 4) is 0 Å². The van der Waals surface area contributed by atoms with Gasteiger partial charge < -0.3 is 9.88 Å². The number of nitrogens with one attached hydrogen (secondary N) is 1. The zero-order chi connectivity index (χ0) is 26.1. The molecule has 0 aliphatic carbocycles. The number of fused-ring (bicyclic) bond motifs is 3. The standard InChI is InChI=1S/C32H37N5O/c1-23-13-15-25(16-14-23)34-32(38)36(26-9-4-3-5-10-26)20-8-19-35-27-17-18-28(35)22-29(21-27)37-24(2)33-30-11-6-7-12-31(30)37/h3-7,9-16,27-29H,8,17-22H2,1-2H3,(H,34,38)/t27-,28-/m1/s1. The van der Waals surface area contributed by atoms with Crippen molar-refractivity contribution in [1.82, 2.24) is 14.5 Å². The van der Waals surface area contributed by atoms with Crippen LogP contribution < -0.4 is 10.2 Å². The van der Waals surface area contributed by atoms with Gasteiger partial charge in [0, 0.05) is 42.6 Å². The van der Waals surface area contributed by atoms with Gasteiger partial charge in [0.05, 0.1) is 11.0 Å². The molecule has 2 bridgehead atoms. The summed E-state index contributed by atoms with van der Waals surface area (Å²) in [5.74, 6) is 1.13. The van der Waals surface area contributed by atoms with Crippen molar-refractivity contribution >= 4 is 28.4 Å². The maximum atomic E-state index is 13.3. The molecule has 2 aliphatic heterocycles. The van der Waals surface area contributed by atoms with Crippen molar-refractivity contribution in [3.05, 3.63) is 90.3 Å². The highest BCUT2D eigenvalue weighted by atomic mass is 16.2. The number of amides is 2. The lowest BCUT2D eigenvalue weighted by Crippen LogP contribution is -2.45. The molecule has 4 aromatic rings. The van der Waals surface area contributed by atoms with Gasteiger partial charge in [0.2, 0.25) is 0 Å². The molecule has 1 N–H and O–H groups in total. The lowest BCUT2D eigenvalue weighted by Gasteiger charge is -2.40. The van der Waals surface area contributed by atoms with Gasteiger partial charge in [-0.2, -0.15) is 0 Å². The van der Waals surface area contributed by atoms with Gasteiger partial charge in [-0.3, -0.25) is 9.80 Å². The van der Waals surface area contributed by atoms with Crippen LogP contribution in [0.3, 0.4) is 0 Å². The van der Waals surface area contributed by atoms with E-state index in [0.717, 1.165) is 35.7 Å². The zero-order valence-electron chi connectivity index (χ0n) is 22.4. The lowest BCUT2D eigenvalue weighted by atomic mass is 9.96. The monoisotopic (exact) mass is 507 g/mol. The van der Waals surface area contributed by atoms with Crippen LogP contribution in [-0.2, 0) is 0 Å². The molecule has 3 aromatic carbocycles. The molecule has 0 radical (unpaired) electrons. The smallest absolute Gasteiger partial charge is 0.325 e. The molecule has 6 heteroatoms. The number of nitrogens with zero attached hydrogens (tertiary/aromatic N) is 4. The number of carbonyl (C=O) groups excluding carboxylic acids is 1. The van der Waals surface area contributed by atoms with Gasteiger partial charge >= 0.3 is 6.03 Å². The summed E-state index contributed by atoms with van der Waals surface area (Å²) in [4.78, 5) is 22.8. The predicted molar refractivity (Wildman–Crippen MR) is 155 cm³/mol. The number of urea groups is 1. The third-order valence-corrected chi connectivity index (χ3v) is 8.41. The van der Waals surface area contributed by atoms with Gasteiger partial charge in [-0.25, -0.2) is 9.78 Å². The van der Waals surface area contributed by atoms with Crippen LogP contribution in [0.5, 0.6) is 0 Å². The van der Waals surface area contributed by atoms with Crippen molar-refractivity contribution in [2.75, 3.05) is 23.3 Å². The number of piperidine rings is 1. The van der Waals surface area contributed by atoms with Crippen LogP contribution >= 0.6 is 0 Å². The Morgan fingerprint density at radius 2 is 1.58 bits per heavy atom. The van der Waals surface area contributed by atoms with Gasteiger partial charge in [0.25, 0.3) is 0 Å². The quantitative estimate of drug-likeness (QED) is 0.294. The number of imidazole rings is 1. The largest absolute Gasteiger partial charge is 0.326 e. The maximum absolute atomic E-state index is 13.3. The third kappa shape index (κ3) is 4.93. The fraction of sp³-hybridized carbons (Fsp3) is 0.375. The predicted octanol–water partition coefficient (Wildman–Crippen LogP) is 6.95. The van der Waals surface area contributed by atoms with Crippen LogP contribution in [0, 0.1) is 13.8 Å². The van der Waals surface area contributed by atoms with Crippen LogP contribution in [-0.4, -0.2) is 45.7 Å². The molecule has 38 heavy (non-hydrogen) atoms. The first-order chi connectivity index (χ1) is 18.6. The zero-order valence-corrected chi connectivity index (χ0v) is 22.4. The first kappa shape index (κ1) is 24.7. The average Bonchev–Trinajstić information content (AvgIpc) is 3.38. The second-order valence-electron chi connectivity index (χ2n) is 10.9. The van der Waals surface area contributed by atoms with Crippen molar-refractivity contribution in [2.24, 2.45) is 0 Å². The van der Waals surface area contributed by atoms with E-state index in [0.29, 0.717) is 24.7 Å². The van der Waals surface area contributed by atoms with Crippen LogP contribution in [0.25, 0.3) is 11.0 Å². The van der Waals surface area contributed by atoms with Crippen molar-refractivity contribution in [1.29, 1.82) is 0 Å². The van der Waals surface area contributed by atoms with Crippen molar-refractivity contribution < 1.29 is 4.79 Å². The van der Waals surface area contributed by atoms with E-state index in [4.69, 9.17) is 4.98 Å². The van der Waals surface area contributed by atoms with Crippen LogP contribution in [0.1, 0.15) is 49.5 Å². The number of aryl methyl sites for hydroxylation is 2. The topological polar surface area (TPSA) is 53.4 Å². The van der Waals surface area contributed by atoms with E-state index in [-0.39, 0.29) is 6.03 Å². The summed E-state index contributed by atoms with van der Waals surface area (Å²) in [6.45, 7) is 5.91. The first-order valence-corrected chi connectivity index (χ1v) is 14.0. The van der Waals surface area contributed by atoms with Gasteiger partial charge in [0.15, 0.2) is 0 Å². The minimum Gasteiger partial charge on any atom is -0.325 e. The molecular weight excluding hydrogens is 470 g/mol. The normalized spacial score (nSPS) is 21.1. The van der Waals surface area contributed by atoms with Gasteiger partial charge in [-0.05, 0) is 82.3 Å². The number of benzene rings is 3. The Hall–Kier alpha value is -3.64. The molecular formula is C32H37N5O. The van der Waals surface area contributed by atoms with Crippen LogP contribution in [0.2, 0.25) is 0 Å². The molecule has 6 nitrogen and oxygen atoms in total. The third-order valence-electron chi connectivity index (χ3n) is 8.41. The van der Waals surface area contributed by atoms with E-state index in [1.54, 1.807) is 0 Å². The summed E-state index contributed by atoms with van der Waals surface area (Å²) < 4.78 is 2.49. The summed E-state index contributed by atoms with van der Waals surface area (Å²) in [6.07, 6.45) is 5.83. The van der Waals surface area contributed by atoms with Gasteiger partial charge in [0.1, 0.15) is 5.82 Å². The maximum Gasteiger partial charge on any atom is 0.326 e. The molecule has 2 saturated heterocycles. The van der Waals surface area contributed by atoms with E-state index in [9.17, 15) is 4.79 Å². The molecule has 196 valence electrons. The first-order valence-electron chi connectivity index (χ1n) is 14.0. The second kappa shape index (κ2) is 10.6. The van der Waals surface area contributed by atoms with Gasteiger partial charge in [-0.15, -0.1) is 0 Å². The Morgan fingerprint density at radius 1 is 0.895 bits per heavy atom. The second-order valence-corrected chi connectivity index (χ2v) is 10.9. The molecule has 2 amide bonds. The minimum atomic E-state index is -0.0794. The summed E-state index contributed by atoms with van der Waals surface area (Å²) in [6, 6.07) is 28.2. The molecule has 2 atom stereocenters. The molecule has 2 aliphatic rings. The molecule has 0 unspecified atom stereocenters. The van der Waals surface area contributed by atoms with Gasteiger partial charge in [-0.1, -0.05) is 48.0 Å². The Kier molecular flexibility index (Phi) is 6.90. The SMILES string of the molecule is Cc1ccc(NC(=O)N(CCCN2[C@@H]3CC[C@@H]2CC(n2c(C)nc4ccccc42)C3)c2ccccc2)cc1. The molecule has 1 aromatic heterocycles. The van der Waals surface area contributed by atoms with E-state index in [1.165, 1.54) is 36.8 Å². The minimum absolute atomic E-state index is 0.0794.